The molecule has 6 nitrogen and oxygen atoms in total. The highest BCUT2D eigenvalue weighted by molar-refractivity contribution is 5.77. The smallest absolute Gasteiger partial charge is 0.236 e. The zero-order valence-corrected chi connectivity index (χ0v) is 15.3. The lowest BCUT2D eigenvalue weighted by Crippen LogP contribution is -2.37. The predicted octanol–water partition coefficient (Wildman–Crippen LogP) is 2.78. The SMILES string of the molecule is CCN(CC(=O)N(C)Cc1ccco1)Cc1ccc(OC)c(OC)c1. The molecule has 136 valence electrons. The lowest BCUT2D eigenvalue weighted by atomic mass is 10.2. The van der Waals surface area contributed by atoms with E-state index in [-0.39, 0.29) is 5.91 Å². The summed E-state index contributed by atoms with van der Waals surface area (Å²) in [7, 11) is 5.02. The van der Waals surface area contributed by atoms with Crippen molar-refractivity contribution in [1.29, 1.82) is 0 Å². The number of furan rings is 1. The molecule has 0 unspecified atom stereocenters. The minimum absolute atomic E-state index is 0.0544. The molecule has 0 fully saturated rings. The van der Waals surface area contributed by atoms with Gasteiger partial charge in [0.2, 0.25) is 5.91 Å². The van der Waals surface area contributed by atoms with Crippen molar-refractivity contribution < 1.29 is 18.7 Å². The van der Waals surface area contributed by atoms with Crippen LogP contribution in [0.2, 0.25) is 0 Å². The van der Waals surface area contributed by atoms with Gasteiger partial charge in [-0.1, -0.05) is 13.0 Å². The second-order valence-corrected chi connectivity index (χ2v) is 5.82. The number of likely N-dealkylation sites (N-methyl/N-ethyl adjacent to an activating group) is 2. The first-order chi connectivity index (χ1) is 12.1. The van der Waals surface area contributed by atoms with Gasteiger partial charge in [0, 0.05) is 13.6 Å². The number of hydrogen-bond donors (Lipinski definition) is 0. The third-order valence-corrected chi connectivity index (χ3v) is 4.06. The van der Waals surface area contributed by atoms with Gasteiger partial charge in [0.1, 0.15) is 5.76 Å². The minimum Gasteiger partial charge on any atom is -0.493 e. The Labute approximate surface area is 148 Å². The number of ether oxygens (including phenoxy) is 2. The second kappa shape index (κ2) is 9.13. The molecule has 0 N–H and O–H groups in total. The molecule has 1 aromatic carbocycles. The van der Waals surface area contributed by atoms with Crippen molar-refractivity contribution >= 4 is 5.91 Å². The summed E-state index contributed by atoms with van der Waals surface area (Å²) >= 11 is 0. The van der Waals surface area contributed by atoms with Gasteiger partial charge in [-0.25, -0.2) is 0 Å². The molecule has 1 aromatic heterocycles. The van der Waals surface area contributed by atoms with Gasteiger partial charge in [-0.15, -0.1) is 0 Å². The Kier molecular flexibility index (Phi) is 6.89. The van der Waals surface area contributed by atoms with Gasteiger partial charge in [-0.2, -0.15) is 0 Å². The van der Waals surface area contributed by atoms with Gasteiger partial charge in [0.15, 0.2) is 11.5 Å². The van der Waals surface area contributed by atoms with Crippen molar-refractivity contribution in [1.82, 2.24) is 9.80 Å². The van der Waals surface area contributed by atoms with E-state index in [2.05, 4.69) is 4.90 Å². The number of hydrogen-bond acceptors (Lipinski definition) is 5. The number of benzene rings is 1. The van der Waals surface area contributed by atoms with Gasteiger partial charge in [-0.05, 0) is 36.4 Å². The summed E-state index contributed by atoms with van der Waals surface area (Å²) in [5.74, 6) is 2.22. The molecular weight excluding hydrogens is 320 g/mol. The Morgan fingerprint density at radius 3 is 2.48 bits per heavy atom. The van der Waals surface area contributed by atoms with Crippen molar-refractivity contribution in [2.24, 2.45) is 0 Å². The Bertz CT molecular complexity index is 670. The van der Waals surface area contributed by atoms with Gasteiger partial charge < -0.3 is 18.8 Å². The molecule has 0 radical (unpaired) electrons. The van der Waals surface area contributed by atoms with Crippen LogP contribution in [-0.4, -0.2) is 50.1 Å². The predicted molar refractivity (Wildman–Crippen MR) is 95.7 cm³/mol. The minimum atomic E-state index is 0.0544. The third-order valence-electron chi connectivity index (χ3n) is 4.06. The maximum atomic E-state index is 12.5. The summed E-state index contributed by atoms with van der Waals surface area (Å²) in [4.78, 5) is 16.2. The molecule has 0 atom stereocenters. The fourth-order valence-electron chi connectivity index (χ4n) is 2.55. The number of rotatable bonds is 9. The van der Waals surface area contributed by atoms with E-state index < -0.39 is 0 Å². The van der Waals surface area contributed by atoms with Gasteiger partial charge >= 0.3 is 0 Å². The van der Waals surface area contributed by atoms with E-state index in [1.165, 1.54) is 0 Å². The molecule has 2 rings (SSSR count). The molecular formula is C19H26N2O4. The van der Waals surface area contributed by atoms with E-state index in [1.807, 2.05) is 37.3 Å². The number of carbonyl (C=O) groups is 1. The maximum Gasteiger partial charge on any atom is 0.236 e. The van der Waals surface area contributed by atoms with Crippen LogP contribution in [0.15, 0.2) is 41.0 Å². The number of nitrogens with zero attached hydrogens (tertiary/aromatic N) is 2. The van der Waals surface area contributed by atoms with Gasteiger partial charge in [0.25, 0.3) is 0 Å². The third kappa shape index (κ3) is 5.26. The molecule has 2 aromatic rings. The highest BCUT2D eigenvalue weighted by atomic mass is 16.5. The summed E-state index contributed by atoms with van der Waals surface area (Å²) in [6, 6.07) is 9.50. The van der Waals surface area contributed by atoms with Crippen LogP contribution in [0.25, 0.3) is 0 Å². The van der Waals surface area contributed by atoms with Crippen LogP contribution in [0.3, 0.4) is 0 Å². The summed E-state index contributed by atoms with van der Waals surface area (Å²) in [5, 5.41) is 0. The first-order valence-electron chi connectivity index (χ1n) is 8.27. The molecule has 0 aliphatic carbocycles. The molecule has 6 heteroatoms. The maximum absolute atomic E-state index is 12.5. The van der Waals surface area contributed by atoms with Crippen molar-refractivity contribution in [2.75, 3.05) is 34.4 Å². The standard InChI is InChI=1S/C19H26N2O4/c1-5-21(12-15-8-9-17(23-3)18(11-15)24-4)14-19(22)20(2)13-16-7-6-10-25-16/h6-11H,5,12-14H2,1-4H3. The van der Waals surface area contributed by atoms with Gasteiger partial charge in [0.05, 0.1) is 33.6 Å². The number of carbonyl (C=O) groups excluding carboxylic acids is 1. The van der Waals surface area contributed by atoms with Crippen LogP contribution in [0.1, 0.15) is 18.2 Å². The lowest BCUT2D eigenvalue weighted by Gasteiger charge is -2.24. The number of amides is 1. The summed E-state index contributed by atoms with van der Waals surface area (Å²) in [6.07, 6.45) is 1.61. The second-order valence-electron chi connectivity index (χ2n) is 5.82. The van der Waals surface area contributed by atoms with Crippen molar-refractivity contribution in [3.63, 3.8) is 0 Å². The molecule has 0 saturated carbocycles. The molecule has 1 heterocycles. The van der Waals surface area contributed by atoms with E-state index in [1.54, 1.807) is 32.4 Å². The Hall–Kier alpha value is -2.47. The first-order valence-corrected chi connectivity index (χ1v) is 8.27. The van der Waals surface area contributed by atoms with Crippen LogP contribution in [0.5, 0.6) is 11.5 Å². The normalized spacial score (nSPS) is 10.8. The average molecular weight is 346 g/mol. The zero-order chi connectivity index (χ0) is 18.2. The summed E-state index contributed by atoms with van der Waals surface area (Å²) < 4.78 is 15.9. The molecule has 25 heavy (non-hydrogen) atoms. The van der Waals surface area contributed by atoms with E-state index >= 15 is 0 Å². The Balaban J connectivity index is 1.96. The highest BCUT2D eigenvalue weighted by Gasteiger charge is 2.15. The molecule has 0 saturated heterocycles. The molecule has 1 amide bonds. The van der Waals surface area contributed by atoms with Crippen LogP contribution < -0.4 is 9.47 Å². The van der Waals surface area contributed by atoms with Crippen LogP contribution in [0, 0.1) is 0 Å². The lowest BCUT2D eigenvalue weighted by molar-refractivity contribution is -0.132. The fraction of sp³-hybridized carbons (Fsp3) is 0.421. The van der Waals surface area contributed by atoms with Gasteiger partial charge in [-0.3, -0.25) is 9.69 Å². The van der Waals surface area contributed by atoms with E-state index in [0.717, 1.165) is 17.9 Å². The van der Waals surface area contributed by atoms with Crippen molar-refractivity contribution in [3.05, 3.63) is 47.9 Å². The first kappa shape index (κ1) is 18.9. The van der Waals surface area contributed by atoms with E-state index in [0.29, 0.717) is 31.1 Å². The Morgan fingerprint density at radius 2 is 1.88 bits per heavy atom. The van der Waals surface area contributed by atoms with Crippen molar-refractivity contribution in [3.8, 4) is 11.5 Å². The topological polar surface area (TPSA) is 55.2 Å². The van der Waals surface area contributed by atoms with E-state index in [4.69, 9.17) is 13.9 Å². The van der Waals surface area contributed by atoms with Crippen LogP contribution in [-0.2, 0) is 17.9 Å². The molecule has 0 aliphatic rings. The van der Waals surface area contributed by atoms with Crippen molar-refractivity contribution in [2.45, 2.75) is 20.0 Å². The molecule has 0 aliphatic heterocycles. The summed E-state index contributed by atoms with van der Waals surface area (Å²) in [5.41, 5.74) is 1.07. The summed E-state index contributed by atoms with van der Waals surface area (Å²) in [6.45, 7) is 4.30. The monoisotopic (exact) mass is 346 g/mol. The molecule has 0 bridgehead atoms. The average Bonchev–Trinajstić information content (AvgIpc) is 3.13. The van der Waals surface area contributed by atoms with Crippen LogP contribution in [0.4, 0.5) is 0 Å². The Morgan fingerprint density at radius 1 is 1.12 bits per heavy atom. The van der Waals surface area contributed by atoms with Crippen LogP contribution >= 0.6 is 0 Å². The molecule has 0 spiro atoms. The zero-order valence-electron chi connectivity index (χ0n) is 15.3. The number of methoxy groups -OCH3 is 2. The fourth-order valence-corrected chi connectivity index (χ4v) is 2.55. The quantitative estimate of drug-likeness (QED) is 0.699. The highest BCUT2D eigenvalue weighted by Crippen LogP contribution is 2.28. The van der Waals surface area contributed by atoms with E-state index in [9.17, 15) is 4.79 Å². The largest absolute Gasteiger partial charge is 0.493 e.